The highest BCUT2D eigenvalue weighted by Gasteiger charge is 2.24. The first kappa shape index (κ1) is 15.0. The maximum atomic E-state index is 11.5. The van der Waals surface area contributed by atoms with Crippen LogP contribution in [0.3, 0.4) is 0 Å². The Morgan fingerprint density at radius 3 is 2.58 bits per heavy atom. The number of benzene rings is 1. The van der Waals surface area contributed by atoms with Gasteiger partial charge in [0.25, 0.3) is 0 Å². The summed E-state index contributed by atoms with van der Waals surface area (Å²) < 4.78 is 9.86. The van der Waals surface area contributed by atoms with E-state index in [-0.39, 0.29) is 18.0 Å². The van der Waals surface area contributed by atoms with E-state index in [1.54, 1.807) is 19.1 Å². The van der Waals surface area contributed by atoms with Crippen molar-refractivity contribution >= 4 is 11.8 Å². The monoisotopic (exact) mass is 266 g/mol. The van der Waals surface area contributed by atoms with Crippen molar-refractivity contribution in [1.29, 1.82) is 0 Å². The summed E-state index contributed by atoms with van der Waals surface area (Å²) >= 11 is 0. The summed E-state index contributed by atoms with van der Waals surface area (Å²) in [6.45, 7) is 3.58. The molecule has 0 heterocycles. The molecular formula is C14H18O5. The molecular weight excluding hydrogens is 248 g/mol. The summed E-state index contributed by atoms with van der Waals surface area (Å²) in [6.07, 6.45) is 0.225. The molecule has 0 saturated heterocycles. The molecule has 0 amide bonds. The van der Waals surface area contributed by atoms with Gasteiger partial charge in [-0.1, -0.05) is 6.07 Å². The van der Waals surface area contributed by atoms with E-state index in [0.29, 0.717) is 12.4 Å². The van der Waals surface area contributed by atoms with Gasteiger partial charge in [0.05, 0.1) is 13.7 Å². The minimum absolute atomic E-state index is 0.0306. The van der Waals surface area contributed by atoms with Crippen molar-refractivity contribution in [3.8, 4) is 11.5 Å². The summed E-state index contributed by atoms with van der Waals surface area (Å²) in [5.41, 5.74) is 0.729. The van der Waals surface area contributed by atoms with Crippen LogP contribution in [0.4, 0.5) is 0 Å². The Balaban J connectivity index is 2.93. The number of Topliss-reactive ketones (excluding diaryl/α,β-unsaturated/α-hetero) is 1. The Morgan fingerprint density at radius 1 is 1.37 bits per heavy atom. The highest BCUT2D eigenvalue weighted by molar-refractivity contribution is 5.97. The number of carbonyl (C=O) groups is 2. The molecule has 1 rings (SSSR count). The van der Waals surface area contributed by atoms with Gasteiger partial charge in [0.2, 0.25) is 0 Å². The van der Waals surface area contributed by atoms with E-state index in [2.05, 4.69) is 4.74 Å². The summed E-state index contributed by atoms with van der Waals surface area (Å²) in [7, 11) is 1.25. The van der Waals surface area contributed by atoms with Crippen molar-refractivity contribution in [3.63, 3.8) is 0 Å². The van der Waals surface area contributed by atoms with Gasteiger partial charge >= 0.3 is 5.97 Å². The van der Waals surface area contributed by atoms with Gasteiger partial charge < -0.3 is 14.6 Å². The van der Waals surface area contributed by atoms with Gasteiger partial charge in [-0.05, 0) is 38.0 Å². The van der Waals surface area contributed by atoms with Gasteiger partial charge in [-0.15, -0.1) is 0 Å². The van der Waals surface area contributed by atoms with Gasteiger partial charge in [-0.25, -0.2) is 0 Å². The smallest absolute Gasteiger partial charge is 0.316 e. The van der Waals surface area contributed by atoms with E-state index < -0.39 is 11.9 Å². The zero-order valence-corrected chi connectivity index (χ0v) is 11.3. The van der Waals surface area contributed by atoms with Crippen LogP contribution in [-0.2, 0) is 20.7 Å². The van der Waals surface area contributed by atoms with Crippen molar-refractivity contribution < 1.29 is 24.2 Å². The molecule has 1 aromatic carbocycles. The topological polar surface area (TPSA) is 72.8 Å². The largest absolute Gasteiger partial charge is 0.504 e. The minimum atomic E-state index is -0.830. The average molecular weight is 266 g/mol. The zero-order chi connectivity index (χ0) is 14.4. The van der Waals surface area contributed by atoms with Crippen LogP contribution < -0.4 is 4.74 Å². The van der Waals surface area contributed by atoms with Crippen LogP contribution in [0, 0.1) is 5.92 Å². The number of rotatable bonds is 6. The molecule has 0 aliphatic heterocycles. The molecule has 0 saturated carbocycles. The predicted octanol–water partition coefficient (Wildman–Crippen LogP) is 1.71. The molecule has 0 unspecified atom stereocenters. The first-order chi connectivity index (χ1) is 8.99. The molecule has 0 fully saturated rings. The van der Waals surface area contributed by atoms with Gasteiger partial charge in [-0.3, -0.25) is 9.59 Å². The molecule has 5 heteroatoms. The quantitative estimate of drug-likeness (QED) is 0.627. The Hall–Kier alpha value is -2.04. The van der Waals surface area contributed by atoms with Gasteiger partial charge in [0.1, 0.15) is 11.7 Å². The average Bonchev–Trinajstić information content (AvgIpc) is 2.38. The number of phenols is 1. The van der Waals surface area contributed by atoms with Gasteiger partial charge in [0.15, 0.2) is 11.5 Å². The predicted molar refractivity (Wildman–Crippen MR) is 69.2 cm³/mol. The molecule has 1 N–H and O–H groups in total. The van der Waals surface area contributed by atoms with E-state index in [0.717, 1.165) is 5.56 Å². The molecule has 0 bridgehead atoms. The second kappa shape index (κ2) is 6.78. The number of esters is 1. The molecule has 5 nitrogen and oxygen atoms in total. The van der Waals surface area contributed by atoms with Crippen LogP contribution in [0.1, 0.15) is 19.4 Å². The van der Waals surface area contributed by atoms with Crippen molar-refractivity contribution in [2.24, 2.45) is 5.92 Å². The van der Waals surface area contributed by atoms with Crippen LogP contribution in [0.2, 0.25) is 0 Å². The van der Waals surface area contributed by atoms with Crippen molar-refractivity contribution in [1.82, 2.24) is 0 Å². The fourth-order valence-corrected chi connectivity index (χ4v) is 1.73. The minimum Gasteiger partial charge on any atom is -0.504 e. The van der Waals surface area contributed by atoms with Crippen molar-refractivity contribution in [2.75, 3.05) is 13.7 Å². The first-order valence-electron chi connectivity index (χ1n) is 6.02. The number of carbonyl (C=O) groups excluding carboxylic acids is 2. The van der Waals surface area contributed by atoms with Crippen LogP contribution in [0.15, 0.2) is 18.2 Å². The molecule has 0 aliphatic carbocycles. The van der Waals surface area contributed by atoms with E-state index in [9.17, 15) is 14.7 Å². The molecule has 0 spiro atoms. The lowest BCUT2D eigenvalue weighted by molar-refractivity contribution is -0.148. The number of hydrogen-bond acceptors (Lipinski definition) is 5. The molecule has 1 atom stereocenters. The maximum absolute atomic E-state index is 11.5. The molecule has 104 valence electrons. The second-order valence-electron chi connectivity index (χ2n) is 4.13. The number of hydrogen-bond donors (Lipinski definition) is 1. The molecule has 19 heavy (non-hydrogen) atoms. The molecule has 0 aliphatic rings. The van der Waals surface area contributed by atoms with Crippen molar-refractivity contribution in [2.45, 2.75) is 20.3 Å². The normalized spacial score (nSPS) is 11.7. The van der Waals surface area contributed by atoms with Crippen LogP contribution in [-0.4, -0.2) is 30.6 Å². The Morgan fingerprint density at radius 2 is 2.05 bits per heavy atom. The number of methoxy groups -OCH3 is 1. The zero-order valence-electron chi connectivity index (χ0n) is 11.3. The lowest BCUT2D eigenvalue weighted by atomic mass is 9.96. The Kier molecular flexibility index (Phi) is 5.36. The highest BCUT2D eigenvalue weighted by atomic mass is 16.5. The van der Waals surface area contributed by atoms with E-state index >= 15 is 0 Å². The van der Waals surface area contributed by atoms with Crippen LogP contribution >= 0.6 is 0 Å². The number of ether oxygens (including phenoxy) is 2. The van der Waals surface area contributed by atoms with Gasteiger partial charge in [-0.2, -0.15) is 0 Å². The number of aromatic hydroxyl groups is 1. The Bertz CT molecular complexity index is 467. The molecule has 0 radical (unpaired) electrons. The van der Waals surface area contributed by atoms with Crippen LogP contribution in [0.25, 0.3) is 0 Å². The third-order valence-corrected chi connectivity index (χ3v) is 2.74. The summed E-state index contributed by atoms with van der Waals surface area (Å²) in [6, 6.07) is 4.75. The summed E-state index contributed by atoms with van der Waals surface area (Å²) in [5.74, 6) is -1.27. The highest BCUT2D eigenvalue weighted by Crippen LogP contribution is 2.28. The maximum Gasteiger partial charge on any atom is 0.316 e. The molecule has 0 aromatic heterocycles. The van der Waals surface area contributed by atoms with Crippen molar-refractivity contribution in [3.05, 3.63) is 23.8 Å². The first-order valence-corrected chi connectivity index (χ1v) is 6.02. The number of ketones is 1. The lowest BCUT2D eigenvalue weighted by Gasteiger charge is -2.13. The van der Waals surface area contributed by atoms with Crippen LogP contribution in [0.5, 0.6) is 11.5 Å². The Labute approximate surface area is 112 Å². The molecule has 1 aromatic rings. The third-order valence-electron chi connectivity index (χ3n) is 2.74. The third kappa shape index (κ3) is 3.98. The standard InChI is InChI=1S/C14H18O5/c1-4-19-13-8-10(5-6-12(13)16)7-11(9(2)15)14(17)18-3/h5-6,8,11,16H,4,7H2,1-3H3/t11-/m1/s1. The van der Waals surface area contributed by atoms with E-state index in [4.69, 9.17) is 4.74 Å². The van der Waals surface area contributed by atoms with E-state index in [1.807, 2.05) is 0 Å². The fourth-order valence-electron chi connectivity index (χ4n) is 1.73. The van der Waals surface area contributed by atoms with E-state index in [1.165, 1.54) is 20.1 Å². The lowest BCUT2D eigenvalue weighted by Crippen LogP contribution is -2.25. The number of phenolic OH excluding ortho intramolecular Hbond substituents is 1. The summed E-state index contributed by atoms with van der Waals surface area (Å²) in [4.78, 5) is 23.0. The SMILES string of the molecule is CCOc1cc(C[C@H](C(C)=O)C(=O)OC)ccc1O. The second-order valence-corrected chi connectivity index (χ2v) is 4.13. The fraction of sp³-hybridized carbons (Fsp3) is 0.429. The summed E-state index contributed by atoms with van der Waals surface area (Å²) in [5, 5.41) is 9.58. The van der Waals surface area contributed by atoms with Gasteiger partial charge in [0, 0.05) is 0 Å².